The molecule has 5 heteroatoms. The van der Waals surface area contributed by atoms with E-state index in [4.69, 9.17) is 16.3 Å². The quantitative estimate of drug-likeness (QED) is 0.867. The zero-order chi connectivity index (χ0) is 13.8. The van der Waals surface area contributed by atoms with Crippen LogP contribution in [0.15, 0.2) is 24.3 Å². The monoisotopic (exact) mass is 277 g/mol. The number of hydrogen-bond donors (Lipinski definition) is 1. The number of methoxy groups -OCH3 is 1. The van der Waals surface area contributed by atoms with Crippen LogP contribution in [-0.4, -0.2) is 17.1 Å². The van der Waals surface area contributed by atoms with E-state index in [1.54, 1.807) is 7.11 Å². The summed E-state index contributed by atoms with van der Waals surface area (Å²) in [5.41, 5.74) is 2.92. The van der Waals surface area contributed by atoms with Crippen molar-refractivity contribution < 1.29 is 4.74 Å². The van der Waals surface area contributed by atoms with Gasteiger partial charge >= 0.3 is 0 Å². The first-order valence-corrected chi connectivity index (χ1v) is 6.33. The topological polar surface area (TPSA) is 47.0 Å². The zero-order valence-electron chi connectivity index (χ0n) is 11.2. The van der Waals surface area contributed by atoms with E-state index in [0.29, 0.717) is 17.6 Å². The fourth-order valence-corrected chi connectivity index (χ4v) is 1.92. The number of halogens is 1. The van der Waals surface area contributed by atoms with E-state index in [-0.39, 0.29) is 0 Å². The molecule has 1 aromatic heterocycles. The molecule has 0 saturated carbocycles. The summed E-state index contributed by atoms with van der Waals surface area (Å²) in [6.45, 7) is 4.32. The normalized spacial score (nSPS) is 10.5. The highest BCUT2D eigenvalue weighted by molar-refractivity contribution is 6.30. The van der Waals surface area contributed by atoms with Crippen molar-refractivity contribution in [2.45, 2.75) is 20.5 Å². The summed E-state index contributed by atoms with van der Waals surface area (Å²) in [6, 6.07) is 7.99. The molecule has 2 aromatic rings. The van der Waals surface area contributed by atoms with Gasteiger partial charge in [-0.05, 0) is 31.5 Å². The van der Waals surface area contributed by atoms with Gasteiger partial charge in [-0.1, -0.05) is 23.7 Å². The first-order valence-electron chi connectivity index (χ1n) is 5.96. The number of anilines is 2. The number of benzene rings is 1. The molecule has 0 radical (unpaired) electrons. The van der Waals surface area contributed by atoms with Gasteiger partial charge in [0, 0.05) is 18.4 Å². The molecule has 0 spiro atoms. The Morgan fingerprint density at radius 3 is 2.47 bits per heavy atom. The minimum absolute atomic E-state index is 0.478. The molecular weight excluding hydrogens is 262 g/mol. The number of ether oxygens (including phenoxy) is 1. The SMILES string of the molecule is COCc1ccc(Nc2nc(C)nc(Cl)c2C)cc1. The third-order valence-electron chi connectivity index (χ3n) is 2.73. The van der Waals surface area contributed by atoms with Gasteiger partial charge in [0.05, 0.1) is 6.61 Å². The molecule has 0 aliphatic carbocycles. The first kappa shape index (κ1) is 13.8. The maximum atomic E-state index is 6.04. The number of aromatic nitrogens is 2. The van der Waals surface area contributed by atoms with Gasteiger partial charge in [-0.15, -0.1) is 0 Å². The number of nitrogens with one attached hydrogen (secondary N) is 1. The Kier molecular flexibility index (Phi) is 4.35. The molecule has 2 rings (SSSR count). The molecule has 4 nitrogen and oxygen atoms in total. The molecule has 1 aromatic carbocycles. The van der Waals surface area contributed by atoms with Crippen LogP contribution in [0.4, 0.5) is 11.5 Å². The summed E-state index contributed by atoms with van der Waals surface area (Å²) in [7, 11) is 1.68. The Morgan fingerprint density at radius 2 is 1.84 bits per heavy atom. The van der Waals surface area contributed by atoms with Gasteiger partial charge in [-0.25, -0.2) is 9.97 Å². The van der Waals surface area contributed by atoms with Gasteiger partial charge in [-0.2, -0.15) is 0 Å². The van der Waals surface area contributed by atoms with Crippen molar-refractivity contribution >= 4 is 23.1 Å². The Bertz CT molecular complexity index is 570. The van der Waals surface area contributed by atoms with Crippen molar-refractivity contribution in [1.29, 1.82) is 0 Å². The summed E-state index contributed by atoms with van der Waals surface area (Å²) in [4.78, 5) is 8.47. The van der Waals surface area contributed by atoms with Crippen LogP contribution >= 0.6 is 11.6 Å². The lowest BCUT2D eigenvalue weighted by Crippen LogP contribution is -2.01. The Hall–Kier alpha value is -1.65. The second kappa shape index (κ2) is 5.99. The van der Waals surface area contributed by atoms with Crippen LogP contribution in [0.1, 0.15) is 17.0 Å². The standard InChI is InChI=1S/C14H16ClN3O/c1-9-13(15)16-10(2)17-14(9)18-12-6-4-11(5-7-12)8-19-3/h4-7H,8H2,1-3H3,(H,16,17,18). The van der Waals surface area contributed by atoms with Gasteiger partial charge in [-0.3, -0.25) is 0 Å². The van der Waals surface area contributed by atoms with E-state index >= 15 is 0 Å². The molecular formula is C14H16ClN3O. The Balaban J connectivity index is 2.21. The average molecular weight is 278 g/mol. The zero-order valence-corrected chi connectivity index (χ0v) is 12.0. The smallest absolute Gasteiger partial charge is 0.138 e. The fourth-order valence-electron chi connectivity index (χ4n) is 1.70. The van der Waals surface area contributed by atoms with E-state index in [0.717, 1.165) is 22.6 Å². The van der Waals surface area contributed by atoms with Crippen molar-refractivity contribution in [2.75, 3.05) is 12.4 Å². The predicted octanol–water partition coefficient (Wildman–Crippen LogP) is 3.64. The maximum absolute atomic E-state index is 6.04. The van der Waals surface area contributed by atoms with Crippen molar-refractivity contribution in [1.82, 2.24) is 9.97 Å². The highest BCUT2D eigenvalue weighted by atomic mass is 35.5. The number of hydrogen-bond acceptors (Lipinski definition) is 4. The lowest BCUT2D eigenvalue weighted by Gasteiger charge is -2.10. The van der Waals surface area contributed by atoms with E-state index in [2.05, 4.69) is 15.3 Å². The van der Waals surface area contributed by atoms with E-state index < -0.39 is 0 Å². The van der Waals surface area contributed by atoms with Gasteiger partial charge in [0.25, 0.3) is 0 Å². The summed E-state index contributed by atoms with van der Waals surface area (Å²) in [5.74, 6) is 1.38. The second-order valence-electron chi connectivity index (χ2n) is 4.29. The van der Waals surface area contributed by atoms with Gasteiger partial charge < -0.3 is 10.1 Å². The van der Waals surface area contributed by atoms with Crippen LogP contribution in [0.2, 0.25) is 5.15 Å². The molecule has 1 N–H and O–H groups in total. The van der Waals surface area contributed by atoms with E-state index in [1.165, 1.54) is 0 Å². The van der Waals surface area contributed by atoms with Crippen LogP contribution in [0.3, 0.4) is 0 Å². The molecule has 0 amide bonds. The van der Waals surface area contributed by atoms with Crippen molar-refractivity contribution in [3.05, 3.63) is 46.4 Å². The Labute approximate surface area is 117 Å². The van der Waals surface area contributed by atoms with Gasteiger partial charge in [0.15, 0.2) is 0 Å². The third kappa shape index (κ3) is 3.43. The van der Waals surface area contributed by atoms with Crippen LogP contribution in [0, 0.1) is 13.8 Å². The van der Waals surface area contributed by atoms with Crippen molar-refractivity contribution in [2.24, 2.45) is 0 Å². The summed E-state index contributed by atoms with van der Waals surface area (Å²) in [6.07, 6.45) is 0. The molecule has 0 fully saturated rings. The van der Waals surface area contributed by atoms with Crippen molar-refractivity contribution in [3.63, 3.8) is 0 Å². The van der Waals surface area contributed by atoms with Crippen LogP contribution in [0.25, 0.3) is 0 Å². The molecule has 100 valence electrons. The fraction of sp³-hybridized carbons (Fsp3) is 0.286. The third-order valence-corrected chi connectivity index (χ3v) is 3.09. The minimum Gasteiger partial charge on any atom is -0.380 e. The molecule has 0 aliphatic heterocycles. The summed E-state index contributed by atoms with van der Waals surface area (Å²) < 4.78 is 5.08. The number of nitrogens with zero attached hydrogens (tertiary/aromatic N) is 2. The lowest BCUT2D eigenvalue weighted by molar-refractivity contribution is 0.185. The van der Waals surface area contributed by atoms with E-state index in [9.17, 15) is 0 Å². The highest BCUT2D eigenvalue weighted by Crippen LogP contribution is 2.23. The molecule has 19 heavy (non-hydrogen) atoms. The molecule has 0 aliphatic rings. The highest BCUT2D eigenvalue weighted by Gasteiger charge is 2.07. The Morgan fingerprint density at radius 1 is 1.16 bits per heavy atom. The van der Waals surface area contributed by atoms with Gasteiger partial charge in [0.1, 0.15) is 16.8 Å². The van der Waals surface area contributed by atoms with E-state index in [1.807, 2.05) is 38.1 Å². The number of rotatable bonds is 4. The molecule has 0 unspecified atom stereocenters. The molecule has 0 bridgehead atoms. The molecule has 0 saturated heterocycles. The van der Waals surface area contributed by atoms with Crippen LogP contribution < -0.4 is 5.32 Å². The largest absolute Gasteiger partial charge is 0.380 e. The lowest BCUT2D eigenvalue weighted by atomic mass is 10.2. The van der Waals surface area contributed by atoms with Crippen molar-refractivity contribution in [3.8, 4) is 0 Å². The molecule has 1 heterocycles. The predicted molar refractivity (Wildman–Crippen MR) is 77.0 cm³/mol. The second-order valence-corrected chi connectivity index (χ2v) is 4.65. The summed E-state index contributed by atoms with van der Waals surface area (Å²) >= 11 is 6.04. The number of aryl methyl sites for hydroxylation is 1. The minimum atomic E-state index is 0.478. The summed E-state index contributed by atoms with van der Waals surface area (Å²) in [5, 5.41) is 3.72. The average Bonchev–Trinajstić information content (AvgIpc) is 2.38. The maximum Gasteiger partial charge on any atom is 0.138 e. The van der Waals surface area contributed by atoms with Crippen LogP contribution in [0.5, 0.6) is 0 Å². The van der Waals surface area contributed by atoms with Crippen LogP contribution in [-0.2, 0) is 11.3 Å². The molecule has 0 atom stereocenters. The van der Waals surface area contributed by atoms with Gasteiger partial charge in [0.2, 0.25) is 0 Å². The first-order chi connectivity index (χ1) is 9.10.